The second-order valence-electron chi connectivity index (χ2n) is 3.24. The Kier molecular flexibility index (Phi) is 3.00. The van der Waals surface area contributed by atoms with E-state index in [1.807, 2.05) is 0 Å². The number of aliphatic carboxylic acids is 2. The highest BCUT2D eigenvalue weighted by Crippen LogP contribution is 2.22. The minimum atomic E-state index is -1.08. The minimum Gasteiger partial charge on any atom is -0.481 e. The molecule has 2 aliphatic heterocycles. The summed E-state index contributed by atoms with van der Waals surface area (Å²) >= 11 is 0. The van der Waals surface area contributed by atoms with Gasteiger partial charge in [0, 0.05) is 0 Å². The smallest absolute Gasteiger partial charge is 0.311 e. The number of carboxylic acids is 2. The molecule has 0 radical (unpaired) electrons. The quantitative estimate of drug-likeness (QED) is 0.758. The van der Waals surface area contributed by atoms with Gasteiger partial charge < -0.3 is 10.2 Å². The number of rotatable bonds is 4. The number of aliphatic imine (C=N–C) groups is 2. The first-order chi connectivity index (χ1) is 8.54. The number of hydrogen-bond donors (Lipinski definition) is 2. The van der Waals surface area contributed by atoms with Crippen LogP contribution in [-0.4, -0.2) is 33.8 Å². The van der Waals surface area contributed by atoms with Crippen molar-refractivity contribution in [2.24, 2.45) is 30.4 Å². The van der Waals surface area contributed by atoms with Gasteiger partial charge in [-0.25, -0.2) is 9.98 Å². The highest BCUT2D eigenvalue weighted by Gasteiger charge is 2.19. The fraction of sp³-hybridized carbons (Fsp3) is 0.250. The molecule has 0 aromatic heterocycles. The van der Waals surface area contributed by atoms with Crippen LogP contribution >= 0.6 is 0 Å². The van der Waals surface area contributed by atoms with Gasteiger partial charge in [-0.3, -0.25) is 9.59 Å². The standard InChI is InChI=1S/C8H6N6O4/c15-5(16)1-3-9-7(13-11-3)8-10-4(12-14-8)2-6(17)18/h1-2H2,(H,15,16)(H,17,18). The van der Waals surface area contributed by atoms with Gasteiger partial charge in [0.1, 0.15) is 12.8 Å². The van der Waals surface area contributed by atoms with Crippen LogP contribution in [-0.2, 0) is 9.59 Å². The van der Waals surface area contributed by atoms with Gasteiger partial charge in [0.05, 0.1) is 0 Å². The monoisotopic (exact) mass is 250 g/mol. The first-order valence-corrected chi connectivity index (χ1v) is 4.71. The van der Waals surface area contributed by atoms with Gasteiger partial charge in [-0.2, -0.15) is 0 Å². The van der Waals surface area contributed by atoms with Crippen LogP contribution in [0.15, 0.2) is 42.1 Å². The molecule has 0 saturated heterocycles. The molecule has 0 aliphatic carbocycles. The largest absolute Gasteiger partial charge is 0.481 e. The van der Waals surface area contributed by atoms with Crippen LogP contribution in [0.3, 0.4) is 0 Å². The Bertz CT molecular complexity index is 520. The summed E-state index contributed by atoms with van der Waals surface area (Å²) in [5.74, 6) is -2.06. The summed E-state index contributed by atoms with van der Waals surface area (Å²) in [7, 11) is 0. The first-order valence-electron chi connectivity index (χ1n) is 4.71. The molecule has 92 valence electrons. The molecule has 0 saturated carbocycles. The molecule has 2 aliphatic rings. The average molecular weight is 250 g/mol. The Morgan fingerprint density at radius 1 is 0.778 bits per heavy atom. The number of carboxylic acid groups (broad SMARTS) is 2. The number of hydrogen-bond acceptors (Lipinski definition) is 8. The molecule has 18 heavy (non-hydrogen) atoms. The predicted octanol–water partition coefficient (Wildman–Crippen LogP) is 0.791. The van der Waals surface area contributed by atoms with Gasteiger partial charge in [0.25, 0.3) is 0 Å². The van der Waals surface area contributed by atoms with Crippen molar-refractivity contribution < 1.29 is 19.8 Å². The van der Waals surface area contributed by atoms with Crippen LogP contribution in [0.25, 0.3) is 0 Å². The lowest BCUT2D eigenvalue weighted by atomic mass is 10.4. The number of carbonyl (C=O) groups is 2. The van der Waals surface area contributed by atoms with Crippen molar-refractivity contribution in [3.05, 3.63) is 11.6 Å². The highest BCUT2D eigenvalue weighted by molar-refractivity contribution is 5.99. The summed E-state index contributed by atoms with van der Waals surface area (Å²) in [6.45, 7) is 0. The normalized spacial score (nSPS) is 21.1. The van der Waals surface area contributed by atoms with Crippen molar-refractivity contribution in [3.8, 4) is 0 Å². The second kappa shape index (κ2) is 4.61. The zero-order valence-corrected chi connectivity index (χ0v) is 8.81. The highest BCUT2D eigenvalue weighted by atomic mass is 16.4. The van der Waals surface area contributed by atoms with E-state index in [2.05, 4.69) is 30.4 Å². The van der Waals surface area contributed by atoms with Crippen molar-refractivity contribution >= 4 is 23.6 Å². The molecule has 0 spiro atoms. The predicted molar refractivity (Wildman–Crippen MR) is 56.1 cm³/mol. The number of nitrogens with zero attached hydrogens (tertiary/aromatic N) is 6. The van der Waals surface area contributed by atoms with Crippen LogP contribution < -0.4 is 0 Å². The Labute approximate surface area is 99.2 Å². The van der Waals surface area contributed by atoms with E-state index < -0.39 is 11.9 Å². The van der Waals surface area contributed by atoms with Crippen molar-refractivity contribution in [2.75, 3.05) is 0 Å². The second-order valence-corrected chi connectivity index (χ2v) is 3.24. The molecular formula is C8H6N6O4. The molecule has 0 fully saturated rings. The zero-order chi connectivity index (χ0) is 13.1. The Morgan fingerprint density at radius 2 is 1.17 bits per heavy atom. The SMILES string of the molecule is O=C(O)CC1=NC(=C2N=NC(CC(=O)O)=N2)N=N1. The maximum Gasteiger partial charge on any atom is 0.311 e. The van der Waals surface area contributed by atoms with Gasteiger partial charge in [-0.1, -0.05) is 0 Å². The maximum atomic E-state index is 10.4. The summed E-state index contributed by atoms with van der Waals surface area (Å²) in [6.07, 6.45) is -0.716. The molecule has 0 bridgehead atoms. The number of amidine groups is 2. The molecule has 0 unspecified atom stereocenters. The van der Waals surface area contributed by atoms with Crippen LogP contribution in [0.2, 0.25) is 0 Å². The third-order valence-corrected chi connectivity index (χ3v) is 1.81. The molecule has 0 amide bonds. The van der Waals surface area contributed by atoms with Crippen molar-refractivity contribution in [1.29, 1.82) is 0 Å². The van der Waals surface area contributed by atoms with Gasteiger partial charge in [0.15, 0.2) is 11.7 Å². The first kappa shape index (κ1) is 11.7. The third kappa shape index (κ3) is 2.66. The van der Waals surface area contributed by atoms with Gasteiger partial charge >= 0.3 is 11.9 Å². The van der Waals surface area contributed by atoms with Gasteiger partial charge in [0.2, 0.25) is 11.6 Å². The van der Waals surface area contributed by atoms with E-state index in [1.165, 1.54) is 0 Å². The van der Waals surface area contributed by atoms with Crippen molar-refractivity contribution in [1.82, 2.24) is 0 Å². The molecule has 2 heterocycles. The summed E-state index contributed by atoms with van der Waals surface area (Å²) in [6, 6.07) is 0. The van der Waals surface area contributed by atoms with E-state index in [0.29, 0.717) is 0 Å². The lowest BCUT2D eigenvalue weighted by Crippen LogP contribution is -2.02. The van der Waals surface area contributed by atoms with E-state index in [1.54, 1.807) is 0 Å². The molecular weight excluding hydrogens is 244 g/mol. The van der Waals surface area contributed by atoms with Crippen molar-refractivity contribution in [3.63, 3.8) is 0 Å². The topological polar surface area (TPSA) is 149 Å². The fourth-order valence-electron chi connectivity index (χ4n) is 1.15. The van der Waals surface area contributed by atoms with Crippen LogP contribution in [0.1, 0.15) is 12.8 Å². The van der Waals surface area contributed by atoms with Crippen LogP contribution in [0.5, 0.6) is 0 Å². The van der Waals surface area contributed by atoms with E-state index in [9.17, 15) is 9.59 Å². The number of azo groups is 2. The molecule has 0 atom stereocenters. The molecule has 2 rings (SSSR count). The van der Waals surface area contributed by atoms with Crippen LogP contribution in [0.4, 0.5) is 0 Å². The Morgan fingerprint density at radius 3 is 1.50 bits per heavy atom. The average Bonchev–Trinajstić information content (AvgIpc) is 2.85. The molecule has 0 aromatic rings. The van der Waals surface area contributed by atoms with Gasteiger partial charge in [-0.15, -0.1) is 20.5 Å². The lowest BCUT2D eigenvalue weighted by Gasteiger charge is -1.88. The van der Waals surface area contributed by atoms with Gasteiger partial charge in [-0.05, 0) is 0 Å². The Balaban J connectivity index is 2.16. The summed E-state index contributed by atoms with van der Waals surface area (Å²) < 4.78 is 0. The molecule has 0 aromatic carbocycles. The molecule has 10 heteroatoms. The van der Waals surface area contributed by atoms with E-state index in [4.69, 9.17) is 10.2 Å². The van der Waals surface area contributed by atoms with E-state index >= 15 is 0 Å². The van der Waals surface area contributed by atoms with E-state index in [-0.39, 0.29) is 36.2 Å². The summed E-state index contributed by atoms with van der Waals surface area (Å²) in [5.41, 5.74) is 0. The molecule has 10 nitrogen and oxygen atoms in total. The van der Waals surface area contributed by atoms with Crippen LogP contribution in [0, 0.1) is 0 Å². The van der Waals surface area contributed by atoms with E-state index in [0.717, 1.165) is 0 Å². The molecule has 2 N–H and O–H groups in total. The maximum absolute atomic E-state index is 10.4. The fourth-order valence-corrected chi connectivity index (χ4v) is 1.15. The zero-order valence-electron chi connectivity index (χ0n) is 8.81. The van der Waals surface area contributed by atoms with Crippen molar-refractivity contribution in [2.45, 2.75) is 12.8 Å². The Hall–Kier alpha value is -2.78. The third-order valence-electron chi connectivity index (χ3n) is 1.81. The minimum absolute atomic E-state index is 0.0235. The summed E-state index contributed by atoms with van der Waals surface area (Å²) in [5, 5.41) is 31.3. The summed E-state index contributed by atoms with van der Waals surface area (Å²) in [4.78, 5) is 28.4. The lowest BCUT2D eigenvalue weighted by molar-refractivity contribution is -0.136.